The predicted molar refractivity (Wildman–Crippen MR) is 256 cm³/mol. The summed E-state index contributed by atoms with van der Waals surface area (Å²) in [7, 11) is 1.84. The minimum absolute atomic E-state index is 0.0620. The van der Waals surface area contributed by atoms with Crippen molar-refractivity contribution in [3.05, 3.63) is 127 Å². The molecule has 3 N–H and O–H groups in total. The van der Waals surface area contributed by atoms with Crippen molar-refractivity contribution in [2.75, 3.05) is 63.5 Å². The topological polar surface area (TPSA) is 141 Å². The monoisotopic (exact) mass is 1000 g/mol. The van der Waals surface area contributed by atoms with E-state index in [1.165, 1.54) is 24.3 Å². The Bertz CT molecular complexity index is 2480. The van der Waals surface area contributed by atoms with Crippen LogP contribution in [-0.4, -0.2) is 96.7 Å². The standard InChI is InChI=1S/C27H32Cl2FN3O3.C22H21Cl2FN2O4/c1-3-4-12-32(2)25(34)20(18-5-7-22(28)23(29)16-18)9-13-33-14-10-27(11-15-33)21-17-19(30)6-8-24(21)31-26(35)36-27;23-17-3-1-13(11-18(17)24)15(20(28)29)5-8-27-9-6-22(7-10-27)16-12-14(25)2-4-19(16)26-21(30)31-22/h5-8,16-17,20H,3-4,9-15H2,1-2H3,(H,31,35);1-4,11-12,15H,5-10H2,(H,26,30)(H,28,29). The van der Waals surface area contributed by atoms with Crippen LogP contribution in [0.15, 0.2) is 72.8 Å². The van der Waals surface area contributed by atoms with Crippen LogP contribution in [0.5, 0.6) is 0 Å². The van der Waals surface area contributed by atoms with E-state index < -0.39 is 35.3 Å². The molecule has 2 unspecified atom stereocenters. The molecule has 0 radical (unpaired) electrons. The van der Waals surface area contributed by atoms with Gasteiger partial charge in [-0.15, -0.1) is 0 Å². The third-order valence-electron chi connectivity index (χ3n) is 13.3. The van der Waals surface area contributed by atoms with Crippen LogP contribution in [0.4, 0.5) is 29.7 Å². The highest BCUT2D eigenvalue weighted by Gasteiger charge is 2.46. The lowest BCUT2D eigenvalue weighted by Gasteiger charge is -2.44. The number of carbonyl (C=O) groups excluding carboxylic acids is 3. The normalized spacial score (nSPS) is 18.2. The van der Waals surface area contributed by atoms with Gasteiger partial charge in [-0.05, 0) is 104 Å². The lowest BCUT2D eigenvalue weighted by molar-refractivity contribution is -0.139. The maximum Gasteiger partial charge on any atom is 0.412 e. The van der Waals surface area contributed by atoms with Gasteiger partial charge in [-0.2, -0.15) is 0 Å². The molecule has 4 aliphatic rings. The number of amides is 3. The van der Waals surface area contributed by atoms with Crippen molar-refractivity contribution in [3.63, 3.8) is 0 Å². The summed E-state index contributed by atoms with van der Waals surface area (Å²) in [5.74, 6) is -2.66. The Hall–Kier alpha value is -4.70. The Balaban J connectivity index is 0.000000201. The van der Waals surface area contributed by atoms with E-state index in [0.717, 1.165) is 18.4 Å². The maximum atomic E-state index is 14.0. The minimum Gasteiger partial charge on any atom is -0.481 e. The van der Waals surface area contributed by atoms with Crippen molar-refractivity contribution in [2.24, 2.45) is 0 Å². The zero-order valence-electron chi connectivity index (χ0n) is 37.2. The van der Waals surface area contributed by atoms with Gasteiger partial charge < -0.3 is 29.3 Å². The van der Waals surface area contributed by atoms with Gasteiger partial charge >= 0.3 is 18.2 Å². The Morgan fingerprint density at radius 2 is 1.12 bits per heavy atom. The zero-order valence-corrected chi connectivity index (χ0v) is 40.2. The molecule has 3 amide bonds. The van der Waals surface area contributed by atoms with E-state index in [1.54, 1.807) is 47.4 Å². The van der Waals surface area contributed by atoms with Crippen LogP contribution in [0.1, 0.15) is 92.4 Å². The number of halogens is 6. The molecule has 4 heterocycles. The molecule has 2 fully saturated rings. The molecular formula is C49H53Cl4F2N5O7. The third kappa shape index (κ3) is 11.8. The van der Waals surface area contributed by atoms with Gasteiger partial charge in [0.2, 0.25) is 5.91 Å². The van der Waals surface area contributed by atoms with Gasteiger partial charge in [-0.1, -0.05) is 71.9 Å². The fourth-order valence-electron chi connectivity index (χ4n) is 9.48. The van der Waals surface area contributed by atoms with E-state index in [0.29, 0.717) is 132 Å². The minimum atomic E-state index is -0.927. The lowest BCUT2D eigenvalue weighted by atomic mass is 9.82. The number of nitrogens with zero attached hydrogens (tertiary/aromatic N) is 3. The molecule has 67 heavy (non-hydrogen) atoms. The van der Waals surface area contributed by atoms with E-state index in [9.17, 15) is 33.1 Å². The molecule has 4 aliphatic heterocycles. The first-order valence-corrected chi connectivity index (χ1v) is 23.9. The van der Waals surface area contributed by atoms with Crippen molar-refractivity contribution in [2.45, 2.75) is 81.3 Å². The van der Waals surface area contributed by atoms with Crippen molar-refractivity contribution in [3.8, 4) is 0 Å². The van der Waals surface area contributed by atoms with Gasteiger partial charge in [-0.3, -0.25) is 20.2 Å². The number of nitrogens with one attached hydrogen (secondary N) is 2. The number of aliphatic carboxylic acids is 1. The Kier molecular flexibility index (Phi) is 16.3. The fourth-order valence-corrected chi connectivity index (χ4v) is 10.1. The SMILES string of the molecule is CCCCN(C)C(=O)C(CCN1CCC2(CC1)OC(=O)Nc1ccc(F)cc12)c1ccc(Cl)c(Cl)c1.O=C1Nc2ccc(F)cc2C2(CCN(CCC(C(=O)O)c3ccc(Cl)c(Cl)c3)CC2)O1. The van der Waals surface area contributed by atoms with Crippen LogP contribution in [0.3, 0.4) is 0 Å². The second-order valence-corrected chi connectivity index (χ2v) is 19.2. The number of hydrogen-bond acceptors (Lipinski definition) is 8. The van der Waals surface area contributed by atoms with Gasteiger partial charge in [0.25, 0.3) is 0 Å². The zero-order chi connectivity index (χ0) is 48.0. The summed E-state index contributed by atoms with van der Waals surface area (Å²) >= 11 is 24.4. The molecule has 18 heteroatoms. The number of carboxylic acid groups (broad SMARTS) is 1. The summed E-state index contributed by atoms with van der Waals surface area (Å²) in [6.45, 7) is 6.56. The van der Waals surface area contributed by atoms with Gasteiger partial charge in [0.05, 0.1) is 43.3 Å². The molecule has 0 bridgehead atoms. The second-order valence-electron chi connectivity index (χ2n) is 17.6. The molecule has 0 saturated carbocycles. The van der Waals surface area contributed by atoms with Gasteiger partial charge in [0.15, 0.2) is 0 Å². The summed E-state index contributed by atoms with van der Waals surface area (Å²) in [4.78, 5) is 55.7. The molecule has 4 aromatic carbocycles. The molecule has 12 nitrogen and oxygen atoms in total. The first kappa shape index (κ1) is 50.2. The Morgan fingerprint density at radius 1 is 0.687 bits per heavy atom. The average Bonchev–Trinajstić information content (AvgIpc) is 3.30. The third-order valence-corrected chi connectivity index (χ3v) is 14.8. The fraction of sp³-hybridized carbons (Fsp3) is 0.429. The molecule has 2 saturated heterocycles. The van der Waals surface area contributed by atoms with Crippen LogP contribution in [0.25, 0.3) is 0 Å². The average molecular weight is 1000 g/mol. The first-order valence-electron chi connectivity index (χ1n) is 22.4. The van der Waals surface area contributed by atoms with Crippen molar-refractivity contribution in [1.29, 1.82) is 0 Å². The largest absolute Gasteiger partial charge is 0.481 e. The predicted octanol–water partition coefficient (Wildman–Crippen LogP) is 11.7. The summed E-state index contributed by atoms with van der Waals surface area (Å²) in [6, 6.07) is 18.9. The number of ether oxygens (including phenoxy) is 2. The lowest BCUT2D eigenvalue weighted by Crippen LogP contribution is -2.48. The number of likely N-dealkylation sites (N-methyl/N-ethyl adjacent to an activating group) is 1. The van der Waals surface area contributed by atoms with E-state index >= 15 is 0 Å². The van der Waals surface area contributed by atoms with E-state index in [4.69, 9.17) is 55.9 Å². The highest BCUT2D eigenvalue weighted by atomic mass is 35.5. The molecule has 2 spiro atoms. The number of piperidine rings is 2. The number of fused-ring (bicyclic) bond motifs is 4. The number of rotatable bonds is 13. The Morgan fingerprint density at radius 3 is 1.54 bits per heavy atom. The summed E-state index contributed by atoms with van der Waals surface area (Å²) in [5, 5.41) is 16.6. The van der Waals surface area contributed by atoms with Crippen molar-refractivity contribution in [1.82, 2.24) is 14.7 Å². The number of hydrogen-bond donors (Lipinski definition) is 3. The highest BCUT2D eigenvalue weighted by molar-refractivity contribution is 6.42. The summed E-state index contributed by atoms with van der Waals surface area (Å²) in [6.07, 6.45) is 4.03. The first-order chi connectivity index (χ1) is 32.0. The highest BCUT2D eigenvalue weighted by Crippen LogP contribution is 2.45. The van der Waals surface area contributed by atoms with Gasteiger partial charge in [0, 0.05) is 76.6 Å². The van der Waals surface area contributed by atoms with E-state index in [2.05, 4.69) is 27.4 Å². The molecular weight excluding hydrogens is 950 g/mol. The Labute approximate surface area is 408 Å². The van der Waals surface area contributed by atoms with E-state index in [-0.39, 0.29) is 23.5 Å². The van der Waals surface area contributed by atoms with Crippen LogP contribution in [-0.2, 0) is 30.3 Å². The van der Waals surface area contributed by atoms with Crippen molar-refractivity contribution < 1.29 is 42.5 Å². The molecule has 0 aliphatic carbocycles. The van der Waals surface area contributed by atoms with Gasteiger partial charge in [0.1, 0.15) is 22.8 Å². The molecule has 358 valence electrons. The van der Waals surface area contributed by atoms with Crippen molar-refractivity contribution >= 4 is 81.8 Å². The summed E-state index contributed by atoms with van der Waals surface area (Å²) in [5.41, 5.74) is 2.24. The second kappa shape index (κ2) is 21.7. The number of carbonyl (C=O) groups is 4. The number of unbranched alkanes of at least 4 members (excludes halogenated alkanes) is 1. The molecule has 4 aromatic rings. The number of likely N-dealkylation sites (tertiary alicyclic amines) is 2. The smallest absolute Gasteiger partial charge is 0.412 e. The van der Waals surface area contributed by atoms with Crippen LogP contribution in [0.2, 0.25) is 20.1 Å². The number of benzene rings is 4. The molecule has 0 aromatic heterocycles. The maximum absolute atomic E-state index is 14.0. The number of anilines is 2. The number of carboxylic acids is 1. The molecule has 2 atom stereocenters. The molecule has 8 rings (SSSR count). The van der Waals surface area contributed by atoms with E-state index in [1.807, 2.05) is 13.1 Å². The van der Waals surface area contributed by atoms with Crippen LogP contribution < -0.4 is 10.6 Å². The quantitative estimate of drug-likeness (QED) is 0.119. The summed E-state index contributed by atoms with van der Waals surface area (Å²) < 4.78 is 39.2. The van der Waals surface area contributed by atoms with Crippen LogP contribution >= 0.6 is 46.4 Å². The van der Waals surface area contributed by atoms with Gasteiger partial charge in [-0.25, -0.2) is 18.4 Å². The van der Waals surface area contributed by atoms with Crippen LogP contribution in [0, 0.1) is 11.6 Å².